The van der Waals surface area contributed by atoms with E-state index in [1.807, 2.05) is 13.0 Å². The van der Waals surface area contributed by atoms with Crippen LogP contribution in [0.25, 0.3) is 0 Å². The van der Waals surface area contributed by atoms with E-state index < -0.39 is 0 Å². The lowest BCUT2D eigenvalue weighted by molar-refractivity contribution is 0.558. The first kappa shape index (κ1) is 14.2. The Morgan fingerprint density at radius 1 is 1.32 bits per heavy atom. The van der Waals surface area contributed by atoms with Crippen molar-refractivity contribution in [2.24, 2.45) is 5.84 Å². The summed E-state index contributed by atoms with van der Waals surface area (Å²) in [5, 5.41) is 0. The van der Waals surface area contributed by atoms with Crippen molar-refractivity contribution < 1.29 is 4.39 Å². The highest BCUT2D eigenvalue weighted by atomic mass is 32.1. The van der Waals surface area contributed by atoms with Gasteiger partial charge in [0.1, 0.15) is 5.82 Å². The minimum atomic E-state index is -0.192. The quantitative estimate of drug-likeness (QED) is 0.649. The van der Waals surface area contributed by atoms with Gasteiger partial charge in [-0.05, 0) is 55.2 Å². The normalized spacial score (nSPS) is 12.6. The van der Waals surface area contributed by atoms with Gasteiger partial charge in [-0.15, -0.1) is 11.3 Å². The maximum atomic E-state index is 13.1. The molecule has 0 saturated carbocycles. The van der Waals surface area contributed by atoms with Crippen LogP contribution in [0.3, 0.4) is 0 Å². The second-order valence-corrected chi connectivity index (χ2v) is 5.85. The molecule has 1 atom stereocenters. The van der Waals surface area contributed by atoms with E-state index >= 15 is 0 Å². The van der Waals surface area contributed by atoms with Crippen LogP contribution in [0, 0.1) is 12.7 Å². The molecule has 102 valence electrons. The molecule has 4 heteroatoms. The van der Waals surface area contributed by atoms with E-state index in [0.29, 0.717) is 0 Å². The van der Waals surface area contributed by atoms with E-state index in [1.165, 1.54) is 15.8 Å². The molecular formula is C15H19FN2S. The summed E-state index contributed by atoms with van der Waals surface area (Å²) in [7, 11) is 0. The Kier molecular flexibility index (Phi) is 4.69. The van der Waals surface area contributed by atoms with Gasteiger partial charge in [-0.2, -0.15) is 0 Å². The first-order valence-electron chi connectivity index (χ1n) is 6.43. The van der Waals surface area contributed by atoms with Gasteiger partial charge in [-0.3, -0.25) is 11.3 Å². The van der Waals surface area contributed by atoms with E-state index in [4.69, 9.17) is 5.84 Å². The minimum Gasteiger partial charge on any atom is -0.271 e. The van der Waals surface area contributed by atoms with Crippen LogP contribution in [0.5, 0.6) is 0 Å². The smallest absolute Gasteiger partial charge is 0.123 e. The predicted octanol–water partition coefficient (Wildman–Crippen LogP) is 3.51. The molecule has 0 radical (unpaired) electrons. The average molecular weight is 278 g/mol. The number of nitrogens with two attached hydrogens (primary N) is 1. The van der Waals surface area contributed by atoms with Crippen molar-refractivity contribution in [3.8, 4) is 0 Å². The molecule has 0 bridgehead atoms. The van der Waals surface area contributed by atoms with Crippen molar-refractivity contribution in [2.45, 2.75) is 32.7 Å². The van der Waals surface area contributed by atoms with Crippen molar-refractivity contribution in [1.82, 2.24) is 5.43 Å². The largest absolute Gasteiger partial charge is 0.271 e. The summed E-state index contributed by atoms with van der Waals surface area (Å²) >= 11 is 1.78. The molecule has 0 fully saturated rings. The molecule has 0 amide bonds. The van der Waals surface area contributed by atoms with E-state index in [-0.39, 0.29) is 11.9 Å². The first-order valence-corrected chi connectivity index (χ1v) is 7.25. The number of aryl methyl sites for hydroxylation is 2. The Bertz CT molecular complexity index is 551. The molecule has 1 aromatic carbocycles. The van der Waals surface area contributed by atoms with Crippen LogP contribution in [-0.4, -0.2) is 0 Å². The molecule has 1 heterocycles. The molecule has 3 N–H and O–H groups in total. The number of hydrogen-bond donors (Lipinski definition) is 2. The van der Waals surface area contributed by atoms with Crippen LogP contribution in [0.1, 0.15) is 33.8 Å². The lowest BCUT2D eigenvalue weighted by Gasteiger charge is -2.16. The Labute approximate surface area is 117 Å². The maximum absolute atomic E-state index is 13.1. The molecule has 2 rings (SSSR count). The number of halogens is 1. The Morgan fingerprint density at radius 3 is 2.68 bits per heavy atom. The summed E-state index contributed by atoms with van der Waals surface area (Å²) in [4.78, 5) is 2.58. The fourth-order valence-electron chi connectivity index (χ4n) is 2.12. The monoisotopic (exact) mass is 278 g/mol. The van der Waals surface area contributed by atoms with E-state index in [1.54, 1.807) is 17.4 Å². The number of benzene rings is 1. The van der Waals surface area contributed by atoms with Gasteiger partial charge in [0, 0.05) is 9.75 Å². The fraction of sp³-hybridized carbons (Fsp3) is 0.333. The summed E-state index contributed by atoms with van der Waals surface area (Å²) in [5.74, 6) is 5.47. The summed E-state index contributed by atoms with van der Waals surface area (Å²) in [6, 6.07) is 9.24. The van der Waals surface area contributed by atoms with E-state index in [0.717, 1.165) is 24.0 Å². The van der Waals surface area contributed by atoms with Crippen molar-refractivity contribution in [3.63, 3.8) is 0 Å². The molecule has 1 unspecified atom stereocenters. The maximum Gasteiger partial charge on any atom is 0.123 e. The molecule has 19 heavy (non-hydrogen) atoms. The second kappa shape index (κ2) is 6.28. The summed E-state index contributed by atoms with van der Waals surface area (Å²) in [6.07, 6.45) is 1.81. The number of hydrazine groups is 1. The molecular weight excluding hydrogens is 259 g/mol. The number of nitrogens with one attached hydrogen (secondary N) is 1. The highest BCUT2D eigenvalue weighted by Gasteiger charge is 2.14. The topological polar surface area (TPSA) is 38.0 Å². The second-order valence-electron chi connectivity index (χ2n) is 4.65. The molecule has 0 aliphatic rings. The Balaban J connectivity index is 2.18. The van der Waals surface area contributed by atoms with Crippen LogP contribution in [0.4, 0.5) is 4.39 Å². The highest BCUT2D eigenvalue weighted by molar-refractivity contribution is 7.12. The van der Waals surface area contributed by atoms with Gasteiger partial charge in [0.25, 0.3) is 0 Å². The van der Waals surface area contributed by atoms with Crippen LogP contribution in [-0.2, 0) is 12.8 Å². The highest BCUT2D eigenvalue weighted by Crippen LogP contribution is 2.27. The van der Waals surface area contributed by atoms with Gasteiger partial charge in [0.15, 0.2) is 0 Å². The molecule has 0 spiro atoms. The van der Waals surface area contributed by atoms with Crippen molar-refractivity contribution >= 4 is 11.3 Å². The Morgan fingerprint density at radius 2 is 2.11 bits per heavy atom. The fourth-order valence-corrected chi connectivity index (χ4v) is 3.13. The van der Waals surface area contributed by atoms with E-state index in [2.05, 4.69) is 24.5 Å². The third kappa shape index (κ3) is 3.41. The predicted molar refractivity (Wildman–Crippen MR) is 78.6 cm³/mol. The van der Waals surface area contributed by atoms with E-state index in [9.17, 15) is 4.39 Å². The van der Waals surface area contributed by atoms with Gasteiger partial charge in [0.05, 0.1) is 6.04 Å². The zero-order valence-corrected chi connectivity index (χ0v) is 12.1. The van der Waals surface area contributed by atoms with Crippen molar-refractivity contribution in [3.05, 3.63) is 57.0 Å². The zero-order chi connectivity index (χ0) is 13.8. The van der Waals surface area contributed by atoms with Crippen molar-refractivity contribution in [1.29, 1.82) is 0 Å². The number of rotatable bonds is 5. The Hall–Kier alpha value is -1.23. The summed E-state index contributed by atoms with van der Waals surface area (Å²) < 4.78 is 13.1. The van der Waals surface area contributed by atoms with Gasteiger partial charge in [0.2, 0.25) is 0 Å². The van der Waals surface area contributed by atoms with Gasteiger partial charge in [-0.25, -0.2) is 4.39 Å². The lowest BCUT2D eigenvalue weighted by atomic mass is 10.0. The SMILES string of the molecule is CCc1ccc(C(Cc2ccc(F)cc2C)NN)s1. The third-order valence-electron chi connectivity index (χ3n) is 3.30. The third-order valence-corrected chi connectivity index (χ3v) is 4.65. The molecule has 0 aliphatic heterocycles. The number of hydrogen-bond acceptors (Lipinski definition) is 3. The summed E-state index contributed by atoms with van der Waals surface area (Å²) in [6.45, 7) is 4.07. The molecule has 0 saturated heterocycles. The molecule has 2 nitrogen and oxygen atoms in total. The van der Waals surface area contributed by atoms with Crippen LogP contribution in [0.15, 0.2) is 30.3 Å². The van der Waals surface area contributed by atoms with Crippen molar-refractivity contribution in [2.75, 3.05) is 0 Å². The van der Waals surface area contributed by atoms with Gasteiger partial charge < -0.3 is 0 Å². The molecule has 2 aromatic rings. The number of thiophene rings is 1. The van der Waals surface area contributed by atoms with Gasteiger partial charge >= 0.3 is 0 Å². The molecule has 1 aromatic heterocycles. The standard InChI is InChI=1S/C15H19FN2S/c1-3-13-6-7-15(19-13)14(18-17)9-11-4-5-12(16)8-10(11)2/h4-8,14,18H,3,9,17H2,1-2H3. The van der Waals surface area contributed by atoms with Gasteiger partial charge in [-0.1, -0.05) is 13.0 Å². The van der Waals surface area contributed by atoms with Crippen LogP contribution >= 0.6 is 11.3 Å². The average Bonchev–Trinajstić information content (AvgIpc) is 2.86. The first-order chi connectivity index (χ1) is 9.13. The minimum absolute atomic E-state index is 0.0782. The lowest BCUT2D eigenvalue weighted by Crippen LogP contribution is -2.29. The van der Waals surface area contributed by atoms with Crippen LogP contribution in [0.2, 0.25) is 0 Å². The summed E-state index contributed by atoms with van der Waals surface area (Å²) in [5.41, 5.74) is 4.95. The molecule has 0 aliphatic carbocycles. The van der Waals surface area contributed by atoms with Crippen LogP contribution < -0.4 is 11.3 Å². The zero-order valence-electron chi connectivity index (χ0n) is 11.2.